The standard InChI is InChI=1S/C20H39N5O2/c1-5-21-19(23-16-20(3,4)25-11-13-27-14-12-25)22-9-8-18(26)24-10-6-7-17(2)15-24/h17H,5-16H2,1-4H3,(H2,21,22,23). The van der Waals surface area contributed by atoms with Crippen LogP contribution in [-0.4, -0.2) is 86.2 Å². The number of hydrogen-bond donors (Lipinski definition) is 2. The highest BCUT2D eigenvalue weighted by atomic mass is 16.5. The second kappa shape index (κ2) is 10.9. The smallest absolute Gasteiger partial charge is 0.224 e. The summed E-state index contributed by atoms with van der Waals surface area (Å²) in [7, 11) is 0. The predicted molar refractivity (Wildman–Crippen MR) is 110 cm³/mol. The molecule has 2 fully saturated rings. The van der Waals surface area contributed by atoms with Gasteiger partial charge >= 0.3 is 0 Å². The molecule has 1 amide bonds. The summed E-state index contributed by atoms with van der Waals surface area (Å²) in [6, 6.07) is 0. The molecule has 0 radical (unpaired) electrons. The van der Waals surface area contributed by atoms with E-state index in [0.29, 0.717) is 25.4 Å². The van der Waals surface area contributed by atoms with E-state index in [9.17, 15) is 4.79 Å². The second-order valence-electron chi connectivity index (χ2n) is 8.37. The van der Waals surface area contributed by atoms with Gasteiger partial charge in [0, 0.05) is 51.2 Å². The van der Waals surface area contributed by atoms with E-state index < -0.39 is 0 Å². The summed E-state index contributed by atoms with van der Waals surface area (Å²) >= 11 is 0. The summed E-state index contributed by atoms with van der Waals surface area (Å²) in [5.74, 6) is 1.66. The molecule has 0 bridgehead atoms. The molecule has 7 nitrogen and oxygen atoms in total. The molecule has 27 heavy (non-hydrogen) atoms. The number of amides is 1. The maximum absolute atomic E-state index is 12.4. The van der Waals surface area contributed by atoms with E-state index in [4.69, 9.17) is 9.73 Å². The van der Waals surface area contributed by atoms with Crippen molar-refractivity contribution in [3.05, 3.63) is 0 Å². The Morgan fingerprint density at radius 3 is 2.63 bits per heavy atom. The largest absolute Gasteiger partial charge is 0.379 e. The van der Waals surface area contributed by atoms with Gasteiger partial charge in [-0.3, -0.25) is 14.7 Å². The van der Waals surface area contributed by atoms with Crippen LogP contribution < -0.4 is 10.6 Å². The normalized spacial score (nSPS) is 22.6. The zero-order valence-electron chi connectivity index (χ0n) is 17.7. The van der Waals surface area contributed by atoms with Gasteiger partial charge in [-0.1, -0.05) is 6.92 Å². The molecule has 0 aromatic rings. The molecule has 0 aromatic carbocycles. The maximum Gasteiger partial charge on any atom is 0.224 e. The minimum Gasteiger partial charge on any atom is -0.379 e. The zero-order valence-corrected chi connectivity index (χ0v) is 17.7. The molecule has 0 spiro atoms. The van der Waals surface area contributed by atoms with Gasteiger partial charge in [-0.15, -0.1) is 0 Å². The first kappa shape index (κ1) is 22.0. The first-order chi connectivity index (χ1) is 12.9. The molecule has 2 saturated heterocycles. The number of piperidine rings is 1. The molecule has 156 valence electrons. The van der Waals surface area contributed by atoms with Gasteiger partial charge in [0.05, 0.1) is 19.8 Å². The van der Waals surface area contributed by atoms with Crippen LogP contribution in [0.5, 0.6) is 0 Å². The van der Waals surface area contributed by atoms with Crippen LogP contribution in [0.15, 0.2) is 4.99 Å². The van der Waals surface area contributed by atoms with Gasteiger partial charge < -0.3 is 20.3 Å². The minimum atomic E-state index is -0.00805. The number of nitrogens with zero attached hydrogens (tertiary/aromatic N) is 3. The fourth-order valence-corrected chi connectivity index (χ4v) is 3.74. The van der Waals surface area contributed by atoms with Gasteiger partial charge in [0.25, 0.3) is 0 Å². The van der Waals surface area contributed by atoms with Crippen molar-refractivity contribution in [3.63, 3.8) is 0 Å². The lowest BCUT2D eigenvalue weighted by molar-refractivity contribution is -0.132. The summed E-state index contributed by atoms with van der Waals surface area (Å²) in [4.78, 5) is 21.6. The number of aliphatic imine (C=N–C) groups is 1. The molecule has 2 heterocycles. The Balaban J connectivity index is 1.79. The van der Waals surface area contributed by atoms with Crippen LogP contribution in [-0.2, 0) is 9.53 Å². The number of likely N-dealkylation sites (tertiary alicyclic amines) is 1. The molecule has 0 aromatic heterocycles. The SMILES string of the molecule is CCNC(=NCC(C)(C)N1CCOCC1)NCCC(=O)N1CCCC(C)C1. The average molecular weight is 382 g/mol. The monoisotopic (exact) mass is 381 g/mol. The number of morpholine rings is 1. The van der Waals surface area contributed by atoms with Crippen LogP contribution in [0.4, 0.5) is 0 Å². The van der Waals surface area contributed by atoms with Crippen molar-refractivity contribution in [2.45, 2.75) is 52.5 Å². The van der Waals surface area contributed by atoms with Crippen LogP contribution >= 0.6 is 0 Å². The van der Waals surface area contributed by atoms with Gasteiger partial charge in [0.1, 0.15) is 0 Å². The summed E-state index contributed by atoms with van der Waals surface area (Å²) in [6.07, 6.45) is 2.88. The van der Waals surface area contributed by atoms with Crippen molar-refractivity contribution >= 4 is 11.9 Å². The van der Waals surface area contributed by atoms with E-state index in [-0.39, 0.29) is 11.4 Å². The average Bonchev–Trinajstić information content (AvgIpc) is 2.66. The lowest BCUT2D eigenvalue weighted by Crippen LogP contribution is -2.52. The fraction of sp³-hybridized carbons (Fsp3) is 0.900. The molecular formula is C20H39N5O2. The van der Waals surface area contributed by atoms with E-state index in [1.165, 1.54) is 6.42 Å². The lowest BCUT2D eigenvalue weighted by atomic mass is 10.00. The number of guanidine groups is 1. The maximum atomic E-state index is 12.4. The highest BCUT2D eigenvalue weighted by Crippen LogP contribution is 2.17. The summed E-state index contributed by atoms with van der Waals surface area (Å²) < 4.78 is 5.45. The Bertz CT molecular complexity index is 489. The fourth-order valence-electron chi connectivity index (χ4n) is 3.74. The molecular weight excluding hydrogens is 342 g/mol. The number of ether oxygens (including phenoxy) is 1. The van der Waals surface area contributed by atoms with Crippen LogP contribution in [0.2, 0.25) is 0 Å². The van der Waals surface area contributed by atoms with Crippen LogP contribution in [0.1, 0.15) is 47.0 Å². The molecule has 2 aliphatic heterocycles. The van der Waals surface area contributed by atoms with Crippen LogP contribution in [0.25, 0.3) is 0 Å². The van der Waals surface area contributed by atoms with E-state index in [1.807, 2.05) is 4.90 Å². The Morgan fingerprint density at radius 2 is 1.96 bits per heavy atom. The van der Waals surface area contributed by atoms with Crippen molar-refractivity contribution in [2.75, 3.05) is 59.0 Å². The van der Waals surface area contributed by atoms with Gasteiger partial charge in [0.15, 0.2) is 5.96 Å². The number of carbonyl (C=O) groups is 1. The number of rotatable bonds is 7. The van der Waals surface area contributed by atoms with E-state index >= 15 is 0 Å². The summed E-state index contributed by atoms with van der Waals surface area (Å²) in [5.41, 5.74) is -0.00805. The molecule has 2 aliphatic rings. The third-order valence-electron chi connectivity index (χ3n) is 5.48. The van der Waals surface area contributed by atoms with Crippen molar-refractivity contribution < 1.29 is 9.53 Å². The first-order valence-corrected chi connectivity index (χ1v) is 10.5. The molecule has 1 atom stereocenters. The predicted octanol–water partition coefficient (Wildman–Crippen LogP) is 1.30. The van der Waals surface area contributed by atoms with Gasteiger partial charge in [-0.2, -0.15) is 0 Å². The number of nitrogens with one attached hydrogen (secondary N) is 2. The topological polar surface area (TPSA) is 69.2 Å². The van der Waals surface area contributed by atoms with Gasteiger partial charge in [-0.05, 0) is 39.5 Å². The highest BCUT2D eigenvalue weighted by molar-refractivity contribution is 5.81. The third-order valence-corrected chi connectivity index (χ3v) is 5.48. The number of carbonyl (C=O) groups excluding carboxylic acids is 1. The minimum absolute atomic E-state index is 0.00805. The second-order valence-corrected chi connectivity index (χ2v) is 8.37. The summed E-state index contributed by atoms with van der Waals surface area (Å²) in [5, 5.41) is 6.61. The molecule has 0 aliphatic carbocycles. The Labute approximate surface area is 164 Å². The van der Waals surface area contributed by atoms with Gasteiger partial charge in [-0.25, -0.2) is 0 Å². The third kappa shape index (κ3) is 7.30. The van der Waals surface area contributed by atoms with Crippen LogP contribution in [0, 0.1) is 5.92 Å². The van der Waals surface area contributed by atoms with Crippen molar-refractivity contribution in [1.82, 2.24) is 20.4 Å². The molecule has 1 unspecified atom stereocenters. The number of hydrogen-bond acceptors (Lipinski definition) is 4. The first-order valence-electron chi connectivity index (χ1n) is 10.5. The van der Waals surface area contributed by atoms with E-state index in [1.54, 1.807) is 0 Å². The zero-order chi connectivity index (χ0) is 19.7. The van der Waals surface area contributed by atoms with E-state index in [0.717, 1.165) is 58.3 Å². The van der Waals surface area contributed by atoms with Crippen molar-refractivity contribution in [2.24, 2.45) is 10.9 Å². The Hall–Kier alpha value is -1.34. The van der Waals surface area contributed by atoms with Crippen molar-refractivity contribution in [1.29, 1.82) is 0 Å². The molecule has 7 heteroatoms. The van der Waals surface area contributed by atoms with E-state index in [2.05, 4.69) is 43.2 Å². The molecule has 2 rings (SSSR count). The Kier molecular flexibility index (Phi) is 8.83. The quantitative estimate of drug-likeness (QED) is 0.514. The lowest BCUT2D eigenvalue weighted by Gasteiger charge is -2.39. The van der Waals surface area contributed by atoms with Crippen LogP contribution in [0.3, 0.4) is 0 Å². The molecule has 0 saturated carbocycles. The van der Waals surface area contributed by atoms with Gasteiger partial charge in [0.2, 0.25) is 5.91 Å². The highest BCUT2D eigenvalue weighted by Gasteiger charge is 2.28. The molecule has 2 N–H and O–H groups in total. The Morgan fingerprint density at radius 1 is 1.22 bits per heavy atom. The summed E-state index contributed by atoms with van der Waals surface area (Å²) in [6.45, 7) is 16.2. The van der Waals surface area contributed by atoms with Crippen molar-refractivity contribution in [3.8, 4) is 0 Å².